The predicted octanol–water partition coefficient (Wildman–Crippen LogP) is 14.0. The molecule has 3 heterocycles. The Morgan fingerprint density at radius 3 is 1.73 bits per heavy atom. The molecule has 0 fully saturated rings. The third-order valence-electron chi connectivity index (χ3n) is 11.9. The van der Waals surface area contributed by atoms with Crippen molar-refractivity contribution in [3.05, 3.63) is 176 Å². The molecule has 0 spiro atoms. The minimum absolute atomic E-state index is 0.647. The molecule has 0 radical (unpaired) electrons. The van der Waals surface area contributed by atoms with Gasteiger partial charge in [0.05, 0.1) is 22.2 Å². The van der Waals surface area contributed by atoms with Crippen molar-refractivity contribution in [2.45, 2.75) is 0 Å². The summed E-state index contributed by atoms with van der Waals surface area (Å²) in [6, 6.07) is 62.8. The van der Waals surface area contributed by atoms with E-state index in [1.165, 1.54) is 70.4 Å². The van der Waals surface area contributed by atoms with E-state index in [4.69, 9.17) is 14.4 Å². The van der Waals surface area contributed by atoms with Crippen LogP contribution in [0.1, 0.15) is 0 Å². The maximum absolute atomic E-state index is 6.58. The Kier molecular flexibility index (Phi) is 5.86. The molecular formula is C52H29N3O. The summed E-state index contributed by atoms with van der Waals surface area (Å²) in [5.41, 5.74) is 9.18. The zero-order chi connectivity index (χ0) is 36.5. The lowest BCUT2D eigenvalue weighted by atomic mass is 9.87. The highest BCUT2D eigenvalue weighted by Gasteiger charge is 2.23. The summed E-state index contributed by atoms with van der Waals surface area (Å²) in [4.78, 5) is 10.8. The molecule has 0 atom stereocenters. The number of hydrogen-bond donors (Lipinski definition) is 0. The van der Waals surface area contributed by atoms with Crippen LogP contribution in [0.15, 0.2) is 180 Å². The molecular weight excluding hydrogens is 683 g/mol. The molecule has 0 N–H and O–H groups in total. The van der Waals surface area contributed by atoms with E-state index in [9.17, 15) is 0 Å². The molecule has 56 heavy (non-hydrogen) atoms. The van der Waals surface area contributed by atoms with Crippen molar-refractivity contribution in [2.75, 3.05) is 0 Å². The lowest BCUT2D eigenvalue weighted by Crippen LogP contribution is -2.03. The minimum atomic E-state index is 0.647. The molecule has 13 rings (SSSR count). The fourth-order valence-electron chi connectivity index (χ4n) is 9.56. The van der Waals surface area contributed by atoms with Crippen LogP contribution in [0.25, 0.3) is 126 Å². The van der Waals surface area contributed by atoms with Crippen molar-refractivity contribution in [2.24, 2.45) is 0 Å². The Balaban J connectivity index is 1.15. The van der Waals surface area contributed by atoms with E-state index in [1.54, 1.807) is 0 Å². The van der Waals surface area contributed by atoms with Crippen LogP contribution < -0.4 is 0 Å². The van der Waals surface area contributed by atoms with Crippen LogP contribution in [0.3, 0.4) is 0 Å². The Morgan fingerprint density at radius 2 is 0.929 bits per heavy atom. The normalized spacial score (nSPS) is 12.3. The second-order valence-electron chi connectivity index (χ2n) is 14.9. The van der Waals surface area contributed by atoms with Gasteiger partial charge in [-0.05, 0) is 84.5 Å². The molecule has 4 heteroatoms. The zero-order valence-electron chi connectivity index (χ0n) is 30.0. The van der Waals surface area contributed by atoms with E-state index in [0.29, 0.717) is 5.95 Å². The first-order valence-electron chi connectivity index (χ1n) is 19.1. The fraction of sp³-hybridized carbons (Fsp3) is 0. The van der Waals surface area contributed by atoms with Gasteiger partial charge in [0.15, 0.2) is 0 Å². The topological polar surface area (TPSA) is 43.9 Å². The molecule has 13 aromatic rings. The number of aromatic nitrogens is 3. The Bertz CT molecular complexity index is 3750. The van der Waals surface area contributed by atoms with Crippen LogP contribution in [0.5, 0.6) is 0 Å². The van der Waals surface area contributed by atoms with E-state index in [0.717, 1.165) is 49.7 Å². The summed E-state index contributed by atoms with van der Waals surface area (Å²) >= 11 is 0. The number of rotatable bonds is 3. The van der Waals surface area contributed by atoms with E-state index >= 15 is 0 Å². The minimum Gasteiger partial charge on any atom is -0.456 e. The number of benzene rings is 10. The maximum atomic E-state index is 6.58. The van der Waals surface area contributed by atoms with Crippen LogP contribution in [-0.4, -0.2) is 14.5 Å². The molecule has 0 amide bonds. The van der Waals surface area contributed by atoms with Crippen molar-refractivity contribution in [3.8, 4) is 28.3 Å². The first kappa shape index (κ1) is 29.8. The van der Waals surface area contributed by atoms with E-state index < -0.39 is 0 Å². The summed E-state index contributed by atoms with van der Waals surface area (Å²) in [7, 11) is 0. The van der Waals surface area contributed by atoms with Crippen LogP contribution in [0, 0.1) is 0 Å². The smallest absolute Gasteiger partial charge is 0.235 e. The van der Waals surface area contributed by atoms with Crippen LogP contribution in [0.2, 0.25) is 0 Å². The lowest BCUT2D eigenvalue weighted by Gasteiger charge is -2.16. The predicted molar refractivity (Wildman–Crippen MR) is 233 cm³/mol. The van der Waals surface area contributed by atoms with E-state index in [2.05, 4.69) is 174 Å². The van der Waals surface area contributed by atoms with Gasteiger partial charge in [-0.15, -0.1) is 0 Å². The standard InChI is InChI=1S/C52H29N3O/c1-2-12-30(13-3-1)31-24-26-32(27-25-31)51-35-14-4-7-21-42(35)53-52(54-51)55-43-22-8-5-15-36(43)49-38-19-10-17-33-34-18-11-20-39-48(34)41(40(47(33)38)28-44(49)55)29-46-50(39)37-16-6-9-23-45(37)56-46/h1-29H. The van der Waals surface area contributed by atoms with Crippen molar-refractivity contribution >= 4 is 97.7 Å². The highest BCUT2D eigenvalue weighted by Crippen LogP contribution is 2.48. The van der Waals surface area contributed by atoms with Gasteiger partial charge >= 0.3 is 0 Å². The SMILES string of the molecule is c1ccc(-c2ccc(-c3nc(-n4c5ccccc5c5c6cccc7c8cccc9c%10c(cc(c(cc54)c76)c89)oc4ccccc4%10)nc4ccccc34)cc2)cc1. The van der Waals surface area contributed by atoms with Gasteiger partial charge in [-0.2, -0.15) is 0 Å². The molecule has 3 aromatic heterocycles. The first-order valence-corrected chi connectivity index (χ1v) is 19.1. The molecule has 0 aliphatic carbocycles. The molecule has 258 valence electrons. The first-order chi connectivity index (χ1) is 27.8. The summed E-state index contributed by atoms with van der Waals surface area (Å²) in [5.74, 6) is 0.647. The molecule has 0 saturated heterocycles. The average molecular weight is 712 g/mol. The number of hydrogen-bond acceptors (Lipinski definition) is 3. The number of furan rings is 1. The Morgan fingerprint density at radius 1 is 0.339 bits per heavy atom. The zero-order valence-corrected chi connectivity index (χ0v) is 30.0. The number of fused-ring (bicyclic) bond motifs is 11. The molecule has 0 saturated carbocycles. The maximum Gasteiger partial charge on any atom is 0.235 e. The van der Waals surface area contributed by atoms with Crippen molar-refractivity contribution < 1.29 is 4.42 Å². The summed E-state index contributed by atoms with van der Waals surface area (Å²) in [5, 5.41) is 15.5. The van der Waals surface area contributed by atoms with Crippen molar-refractivity contribution in [1.29, 1.82) is 0 Å². The highest BCUT2D eigenvalue weighted by atomic mass is 16.3. The lowest BCUT2D eigenvalue weighted by molar-refractivity contribution is 0.669. The van der Waals surface area contributed by atoms with Gasteiger partial charge in [0.25, 0.3) is 0 Å². The van der Waals surface area contributed by atoms with Gasteiger partial charge in [0.1, 0.15) is 11.2 Å². The van der Waals surface area contributed by atoms with E-state index in [-0.39, 0.29) is 0 Å². The van der Waals surface area contributed by atoms with Gasteiger partial charge in [0, 0.05) is 32.5 Å². The van der Waals surface area contributed by atoms with Gasteiger partial charge in [0.2, 0.25) is 5.95 Å². The molecule has 4 nitrogen and oxygen atoms in total. The Labute approximate surface area is 319 Å². The fourth-order valence-corrected chi connectivity index (χ4v) is 9.56. The van der Waals surface area contributed by atoms with Gasteiger partial charge in [-0.1, -0.05) is 146 Å². The average Bonchev–Trinajstić information content (AvgIpc) is 3.81. The van der Waals surface area contributed by atoms with Gasteiger partial charge in [-0.25, -0.2) is 9.97 Å². The quantitative estimate of drug-likeness (QED) is 0.135. The molecule has 10 aromatic carbocycles. The van der Waals surface area contributed by atoms with Crippen molar-refractivity contribution in [1.82, 2.24) is 14.5 Å². The third-order valence-corrected chi connectivity index (χ3v) is 11.9. The molecule has 0 aliphatic heterocycles. The van der Waals surface area contributed by atoms with Crippen LogP contribution >= 0.6 is 0 Å². The van der Waals surface area contributed by atoms with Gasteiger partial charge < -0.3 is 4.42 Å². The molecule has 0 unspecified atom stereocenters. The van der Waals surface area contributed by atoms with Crippen LogP contribution in [0.4, 0.5) is 0 Å². The van der Waals surface area contributed by atoms with Crippen molar-refractivity contribution in [3.63, 3.8) is 0 Å². The van der Waals surface area contributed by atoms with Gasteiger partial charge in [-0.3, -0.25) is 4.57 Å². The monoisotopic (exact) mass is 711 g/mol. The van der Waals surface area contributed by atoms with E-state index in [1.807, 2.05) is 6.07 Å². The summed E-state index contributed by atoms with van der Waals surface area (Å²) in [6.07, 6.45) is 0. The summed E-state index contributed by atoms with van der Waals surface area (Å²) < 4.78 is 8.86. The summed E-state index contributed by atoms with van der Waals surface area (Å²) in [6.45, 7) is 0. The number of para-hydroxylation sites is 3. The highest BCUT2D eigenvalue weighted by molar-refractivity contribution is 6.41. The molecule has 0 aliphatic rings. The number of nitrogens with zero attached hydrogens (tertiary/aromatic N) is 3. The largest absolute Gasteiger partial charge is 0.456 e. The second-order valence-corrected chi connectivity index (χ2v) is 14.9. The molecule has 0 bridgehead atoms. The second kappa shape index (κ2) is 11.0. The van der Waals surface area contributed by atoms with Crippen LogP contribution in [-0.2, 0) is 0 Å². The Hall–Kier alpha value is -7.56. The third kappa shape index (κ3) is 3.97.